The van der Waals surface area contributed by atoms with Gasteiger partial charge in [-0.3, -0.25) is 4.90 Å². The predicted molar refractivity (Wildman–Crippen MR) is 87.2 cm³/mol. The van der Waals surface area contributed by atoms with E-state index in [2.05, 4.69) is 47.5 Å². The summed E-state index contributed by atoms with van der Waals surface area (Å²) in [4.78, 5) is 2.89. The Morgan fingerprint density at radius 1 is 1.14 bits per heavy atom. The second kappa shape index (κ2) is 5.73. The maximum Gasteiger partial charge on any atom is 0.0450 e. The lowest BCUT2D eigenvalue weighted by molar-refractivity contribution is 0.0507. The molecule has 3 aliphatic rings. The van der Waals surface area contributed by atoms with Crippen LogP contribution in [0.4, 0.5) is 0 Å². The lowest BCUT2D eigenvalue weighted by Crippen LogP contribution is -2.57. The van der Waals surface area contributed by atoms with Gasteiger partial charge in [-0.25, -0.2) is 0 Å². The molecule has 2 aliphatic carbocycles. The highest BCUT2D eigenvalue weighted by Gasteiger charge is 2.45. The van der Waals surface area contributed by atoms with Crippen molar-refractivity contribution in [2.45, 2.75) is 57.2 Å². The van der Waals surface area contributed by atoms with Crippen LogP contribution in [0, 0.1) is 11.8 Å². The monoisotopic (exact) mass is 284 g/mol. The smallest absolute Gasteiger partial charge is 0.0450 e. The summed E-state index contributed by atoms with van der Waals surface area (Å²) < 4.78 is 0. The lowest BCUT2D eigenvalue weighted by atomic mass is 9.90. The van der Waals surface area contributed by atoms with Crippen LogP contribution in [0.25, 0.3) is 0 Å². The number of nitrogens with one attached hydrogen (secondary N) is 1. The van der Waals surface area contributed by atoms with E-state index in [-0.39, 0.29) is 0 Å². The lowest BCUT2D eigenvalue weighted by Gasteiger charge is -2.46. The highest BCUT2D eigenvalue weighted by molar-refractivity contribution is 5.20. The zero-order valence-electron chi connectivity index (χ0n) is 13.2. The van der Waals surface area contributed by atoms with Gasteiger partial charge in [0, 0.05) is 31.2 Å². The zero-order chi connectivity index (χ0) is 14.2. The van der Waals surface area contributed by atoms with Crippen molar-refractivity contribution in [2.24, 2.45) is 11.8 Å². The Kier molecular flexibility index (Phi) is 3.76. The molecule has 2 heteroatoms. The van der Waals surface area contributed by atoms with E-state index in [1.165, 1.54) is 44.2 Å². The van der Waals surface area contributed by atoms with Gasteiger partial charge in [0.05, 0.1) is 0 Å². The Morgan fingerprint density at radius 3 is 2.67 bits per heavy atom. The fourth-order valence-corrected chi connectivity index (χ4v) is 5.13. The molecule has 1 N–H and O–H groups in total. The summed E-state index contributed by atoms with van der Waals surface area (Å²) in [6.07, 6.45) is 7.27. The van der Waals surface area contributed by atoms with Crippen molar-refractivity contribution in [3.8, 4) is 0 Å². The molecule has 3 fully saturated rings. The molecule has 2 nitrogen and oxygen atoms in total. The van der Waals surface area contributed by atoms with Crippen molar-refractivity contribution < 1.29 is 0 Å². The second-order valence-electron chi connectivity index (χ2n) is 7.37. The first-order valence-corrected chi connectivity index (χ1v) is 8.89. The normalized spacial score (nSPS) is 39.8. The standard InChI is InChI=1S/C19H28N2/c1-2-17-12-20-18(15-6-4-3-5-7-15)13-21(17)19-11-14-8-9-16(19)10-14/h3-7,14,16-20H,2,8-13H2,1H3. The van der Waals surface area contributed by atoms with Crippen LogP contribution >= 0.6 is 0 Å². The quantitative estimate of drug-likeness (QED) is 0.912. The summed E-state index contributed by atoms with van der Waals surface area (Å²) in [6, 6.07) is 13.2. The van der Waals surface area contributed by atoms with Crippen LogP contribution < -0.4 is 5.32 Å². The van der Waals surface area contributed by atoms with Gasteiger partial charge in [-0.05, 0) is 43.1 Å². The third-order valence-electron chi connectivity index (χ3n) is 6.26. The molecule has 5 unspecified atom stereocenters. The maximum absolute atomic E-state index is 3.79. The van der Waals surface area contributed by atoms with Crippen LogP contribution in [0.5, 0.6) is 0 Å². The number of rotatable bonds is 3. The Balaban J connectivity index is 1.52. The molecule has 1 saturated heterocycles. The summed E-state index contributed by atoms with van der Waals surface area (Å²) in [6.45, 7) is 4.72. The molecule has 21 heavy (non-hydrogen) atoms. The number of nitrogens with zero attached hydrogens (tertiary/aromatic N) is 1. The third kappa shape index (κ3) is 2.53. The van der Waals surface area contributed by atoms with Gasteiger partial charge in [0.1, 0.15) is 0 Å². The van der Waals surface area contributed by atoms with Crippen molar-refractivity contribution in [2.75, 3.05) is 13.1 Å². The van der Waals surface area contributed by atoms with E-state index in [1.54, 1.807) is 0 Å². The molecular weight excluding hydrogens is 256 g/mol. The molecule has 1 aromatic carbocycles. The molecule has 114 valence electrons. The molecule has 2 bridgehead atoms. The minimum Gasteiger partial charge on any atom is -0.307 e. The third-order valence-corrected chi connectivity index (χ3v) is 6.26. The Bertz CT molecular complexity index is 472. The first-order valence-electron chi connectivity index (χ1n) is 8.89. The number of hydrogen-bond acceptors (Lipinski definition) is 2. The summed E-state index contributed by atoms with van der Waals surface area (Å²) in [5.41, 5.74) is 1.46. The highest BCUT2D eigenvalue weighted by atomic mass is 15.3. The molecule has 1 aliphatic heterocycles. The molecular formula is C19H28N2. The van der Waals surface area contributed by atoms with E-state index in [0.29, 0.717) is 6.04 Å². The summed E-state index contributed by atoms with van der Waals surface area (Å²) in [5.74, 6) is 2.04. The van der Waals surface area contributed by atoms with Gasteiger partial charge in [-0.15, -0.1) is 0 Å². The predicted octanol–water partition coefficient (Wildman–Crippen LogP) is 3.60. The molecule has 1 heterocycles. The van der Waals surface area contributed by atoms with Crippen LogP contribution in [0.1, 0.15) is 50.6 Å². The summed E-state index contributed by atoms with van der Waals surface area (Å²) in [7, 11) is 0. The average Bonchev–Trinajstić information content (AvgIpc) is 3.18. The van der Waals surface area contributed by atoms with E-state index in [1.807, 2.05) is 0 Å². The molecule has 0 amide bonds. The Morgan fingerprint density at radius 2 is 2.00 bits per heavy atom. The van der Waals surface area contributed by atoms with E-state index in [4.69, 9.17) is 0 Å². The van der Waals surface area contributed by atoms with Gasteiger partial charge < -0.3 is 5.32 Å². The first kappa shape index (κ1) is 13.8. The minimum absolute atomic E-state index is 0.521. The molecule has 4 rings (SSSR count). The second-order valence-corrected chi connectivity index (χ2v) is 7.37. The van der Waals surface area contributed by atoms with Crippen LogP contribution in [0.3, 0.4) is 0 Å². The molecule has 0 radical (unpaired) electrons. The Hall–Kier alpha value is -0.860. The molecule has 1 aromatic rings. The van der Waals surface area contributed by atoms with Gasteiger partial charge in [0.15, 0.2) is 0 Å². The average molecular weight is 284 g/mol. The summed E-state index contributed by atoms with van der Waals surface area (Å²) in [5, 5.41) is 3.79. The largest absolute Gasteiger partial charge is 0.307 e. The van der Waals surface area contributed by atoms with Crippen molar-refractivity contribution >= 4 is 0 Å². The van der Waals surface area contributed by atoms with Gasteiger partial charge in [0.2, 0.25) is 0 Å². The van der Waals surface area contributed by atoms with Crippen LogP contribution in [-0.4, -0.2) is 30.1 Å². The maximum atomic E-state index is 3.79. The van der Waals surface area contributed by atoms with E-state index in [0.717, 1.165) is 30.5 Å². The van der Waals surface area contributed by atoms with Crippen molar-refractivity contribution in [3.05, 3.63) is 35.9 Å². The van der Waals surface area contributed by atoms with Gasteiger partial charge in [-0.1, -0.05) is 43.7 Å². The van der Waals surface area contributed by atoms with Gasteiger partial charge in [0.25, 0.3) is 0 Å². The van der Waals surface area contributed by atoms with Crippen LogP contribution in [0.2, 0.25) is 0 Å². The fraction of sp³-hybridized carbons (Fsp3) is 0.684. The van der Waals surface area contributed by atoms with Crippen molar-refractivity contribution in [1.82, 2.24) is 10.2 Å². The summed E-state index contributed by atoms with van der Waals surface area (Å²) >= 11 is 0. The number of benzene rings is 1. The highest BCUT2D eigenvalue weighted by Crippen LogP contribution is 2.47. The first-order chi connectivity index (χ1) is 10.3. The number of piperazine rings is 1. The topological polar surface area (TPSA) is 15.3 Å². The van der Waals surface area contributed by atoms with E-state index < -0.39 is 0 Å². The molecule has 5 atom stereocenters. The number of fused-ring (bicyclic) bond motifs is 2. The van der Waals surface area contributed by atoms with Crippen molar-refractivity contribution in [1.29, 1.82) is 0 Å². The van der Waals surface area contributed by atoms with Gasteiger partial charge in [-0.2, -0.15) is 0 Å². The minimum atomic E-state index is 0.521. The van der Waals surface area contributed by atoms with Crippen LogP contribution in [0.15, 0.2) is 30.3 Å². The van der Waals surface area contributed by atoms with E-state index in [9.17, 15) is 0 Å². The molecule has 2 saturated carbocycles. The van der Waals surface area contributed by atoms with Crippen molar-refractivity contribution in [3.63, 3.8) is 0 Å². The van der Waals surface area contributed by atoms with E-state index >= 15 is 0 Å². The SMILES string of the molecule is CCC1CNC(c2ccccc2)CN1C1CC2CCC1C2. The molecule has 0 aromatic heterocycles. The zero-order valence-corrected chi connectivity index (χ0v) is 13.2. The molecule has 0 spiro atoms. The van der Waals surface area contributed by atoms with Crippen LogP contribution in [-0.2, 0) is 0 Å². The van der Waals surface area contributed by atoms with Gasteiger partial charge >= 0.3 is 0 Å². The Labute approximate surface area is 128 Å². The number of hydrogen-bond donors (Lipinski definition) is 1. The fourth-order valence-electron chi connectivity index (χ4n) is 5.13.